The van der Waals surface area contributed by atoms with E-state index >= 15 is 0 Å². The molecule has 0 N–H and O–H groups in total. The number of nitro benzene ring substituents is 1. The minimum atomic E-state index is -0.490. The van der Waals surface area contributed by atoms with Crippen LogP contribution in [0.4, 0.5) is 10.8 Å². The molecule has 144 valence electrons. The van der Waals surface area contributed by atoms with Crippen LogP contribution < -0.4 is 4.90 Å². The Morgan fingerprint density at radius 2 is 2.11 bits per heavy atom. The van der Waals surface area contributed by atoms with Crippen molar-refractivity contribution in [3.63, 3.8) is 0 Å². The Balaban J connectivity index is 1.69. The molecule has 0 spiro atoms. The normalized spacial score (nSPS) is 16.4. The molecule has 0 saturated carbocycles. The number of nitro groups is 1. The summed E-state index contributed by atoms with van der Waals surface area (Å²) in [7, 11) is 0. The summed E-state index contributed by atoms with van der Waals surface area (Å²) in [5.41, 5.74) is 1.07. The van der Waals surface area contributed by atoms with E-state index in [0.717, 1.165) is 23.1 Å². The number of carbonyl (C=O) groups excluding carboxylic acids is 1. The maximum atomic E-state index is 13.2. The third kappa shape index (κ3) is 3.84. The van der Waals surface area contributed by atoms with Gasteiger partial charge in [0, 0.05) is 29.3 Å². The predicted octanol–water partition coefficient (Wildman–Crippen LogP) is 4.68. The lowest BCUT2D eigenvalue weighted by Crippen LogP contribution is -2.37. The lowest BCUT2D eigenvalue weighted by Gasteiger charge is -2.23. The molecule has 1 aliphatic heterocycles. The summed E-state index contributed by atoms with van der Waals surface area (Å²) in [4.78, 5) is 29.8. The highest BCUT2D eigenvalue weighted by Gasteiger charge is 2.27. The van der Waals surface area contributed by atoms with Crippen molar-refractivity contribution < 1.29 is 14.5 Å². The lowest BCUT2D eigenvalue weighted by atomic mass is 10.1. The molecule has 4 rings (SSSR count). The summed E-state index contributed by atoms with van der Waals surface area (Å²) >= 11 is 7.45. The van der Waals surface area contributed by atoms with E-state index in [-0.39, 0.29) is 17.7 Å². The van der Waals surface area contributed by atoms with Crippen molar-refractivity contribution in [1.82, 2.24) is 4.98 Å². The zero-order chi connectivity index (χ0) is 19.7. The maximum absolute atomic E-state index is 13.2. The Kier molecular flexibility index (Phi) is 5.25. The largest absolute Gasteiger partial charge is 0.376 e. The fraction of sp³-hybridized carbons (Fsp3) is 0.263. The molecule has 2 aromatic carbocycles. The number of rotatable bonds is 5. The maximum Gasteiger partial charge on any atom is 0.269 e. The van der Waals surface area contributed by atoms with Gasteiger partial charge in [-0.1, -0.05) is 22.9 Å². The molecule has 0 aliphatic carbocycles. The van der Waals surface area contributed by atoms with Crippen LogP contribution in [0.3, 0.4) is 0 Å². The second-order valence-electron chi connectivity index (χ2n) is 6.46. The minimum Gasteiger partial charge on any atom is -0.376 e. The first kappa shape index (κ1) is 18.8. The van der Waals surface area contributed by atoms with Gasteiger partial charge in [-0.05, 0) is 43.2 Å². The van der Waals surface area contributed by atoms with Crippen LogP contribution in [-0.2, 0) is 4.74 Å². The number of benzene rings is 2. The molecule has 1 saturated heterocycles. The third-order valence-corrected chi connectivity index (χ3v) is 5.83. The summed E-state index contributed by atoms with van der Waals surface area (Å²) in [6, 6.07) is 11.0. The molecule has 28 heavy (non-hydrogen) atoms. The van der Waals surface area contributed by atoms with E-state index in [1.54, 1.807) is 11.0 Å². The molecule has 1 unspecified atom stereocenters. The fourth-order valence-corrected chi connectivity index (χ4v) is 4.37. The van der Waals surface area contributed by atoms with Crippen LogP contribution in [0.2, 0.25) is 5.02 Å². The number of amides is 1. The second-order valence-corrected chi connectivity index (χ2v) is 7.91. The molecule has 0 bridgehead atoms. The van der Waals surface area contributed by atoms with Gasteiger partial charge in [0.15, 0.2) is 5.13 Å². The standard InChI is InChI=1S/C19H16ClN3O4S/c20-13-5-8-16-17(10-13)28-19(21-16)22(11-15-2-1-9-27-15)18(24)12-3-6-14(7-4-12)23(25)26/h3-8,10,15H,1-2,9,11H2. The number of aromatic nitrogens is 1. The summed E-state index contributed by atoms with van der Waals surface area (Å²) in [6.07, 6.45) is 1.78. The van der Waals surface area contributed by atoms with E-state index in [2.05, 4.69) is 4.98 Å². The quantitative estimate of drug-likeness (QED) is 0.444. The number of halogens is 1. The zero-order valence-electron chi connectivity index (χ0n) is 14.7. The van der Waals surface area contributed by atoms with Crippen molar-refractivity contribution in [3.8, 4) is 0 Å². The molecule has 1 fully saturated rings. The van der Waals surface area contributed by atoms with Crippen LogP contribution in [-0.4, -0.2) is 35.1 Å². The third-order valence-electron chi connectivity index (χ3n) is 4.55. The molecule has 1 aromatic heterocycles. The second kappa shape index (κ2) is 7.83. The molecular formula is C19H16ClN3O4S. The van der Waals surface area contributed by atoms with Crippen LogP contribution in [0.25, 0.3) is 10.2 Å². The van der Waals surface area contributed by atoms with Gasteiger partial charge in [-0.15, -0.1) is 0 Å². The van der Waals surface area contributed by atoms with Crippen molar-refractivity contribution in [1.29, 1.82) is 0 Å². The number of hydrogen-bond acceptors (Lipinski definition) is 6. The van der Waals surface area contributed by atoms with Gasteiger partial charge in [-0.25, -0.2) is 4.98 Å². The molecule has 9 heteroatoms. The van der Waals surface area contributed by atoms with Gasteiger partial charge < -0.3 is 4.74 Å². The molecular weight excluding hydrogens is 402 g/mol. The van der Waals surface area contributed by atoms with E-state index in [4.69, 9.17) is 16.3 Å². The van der Waals surface area contributed by atoms with Crippen molar-refractivity contribution in [3.05, 3.63) is 63.2 Å². The topological polar surface area (TPSA) is 85.6 Å². The number of carbonyl (C=O) groups is 1. The summed E-state index contributed by atoms with van der Waals surface area (Å²) in [5.74, 6) is -0.268. The first-order valence-corrected chi connectivity index (χ1v) is 9.95. The lowest BCUT2D eigenvalue weighted by molar-refractivity contribution is -0.384. The first-order valence-electron chi connectivity index (χ1n) is 8.75. The highest BCUT2D eigenvalue weighted by atomic mass is 35.5. The molecule has 1 aliphatic rings. The monoisotopic (exact) mass is 417 g/mol. The number of fused-ring (bicyclic) bond motifs is 1. The van der Waals surface area contributed by atoms with Crippen molar-refractivity contribution in [2.24, 2.45) is 0 Å². The van der Waals surface area contributed by atoms with Gasteiger partial charge in [0.25, 0.3) is 11.6 Å². The molecule has 0 radical (unpaired) electrons. The van der Waals surface area contributed by atoms with Crippen molar-refractivity contribution in [2.75, 3.05) is 18.1 Å². The Morgan fingerprint density at radius 3 is 2.79 bits per heavy atom. The van der Waals surface area contributed by atoms with Crippen LogP contribution in [0.1, 0.15) is 23.2 Å². The van der Waals surface area contributed by atoms with E-state index in [1.807, 2.05) is 12.1 Å². The van der Waals surface area contributed by atoms with Crippen LogP contribution in [0, 0.1) is 10.1 Å². The van der Waals surface area contributed by atoms with E-state index in [1.165, 1.54) is 35.6 Å². The summed E-state index contributed by atoms with van der Waals surface area (Å²) in [6.45, 7) is 1.06. The predicted molar refractivity (Wildman–Crippen MR) is 108 cm³/mol. The highest BCUT2D eigenvalue weighted by molar-refractivity contribution is 7.22. The van der Waals surface area contributed by atoms with Gasteiger partial charge >= 0.3 is 0 Å². The Labute approximate surface area is 169 Å². The van der Waals surface area contributed by atoms with Crippen LogP contribution >= 0.6 is 22.9 Å². The van der Waals surface area contributed by atoms with Gasteiger partial charge in [-0.3, -0.25) is 19.8 Å². The summed E-state index contributed by atoms with van der Waals surface area (Å²) < 4.78 is 6.59. The van der Waals surface area contributed by atoms with Gasteiger partial charge in [0.2, 0.25) is 0 Å². The average Bonchev–Trinajstić information content (AvgIpc) is 3.34. The fourth-order valence-electron chi connectivity index (χ4n) is 3.12. The van der Waals surface area contributed by atoms with E-state index in [9.17, 15) is 14.9 Å². The molecule has 3 aromatic rings. The number of ether oxygens (including phenoxy) is 1. The van der Waals surface area contributed by atoms with Gasteiger partial charge in [0.05, 0.1) is 27.8 Å². The summed E-state index contributed by atoms with van der Waals surface area (Å²) in [5, 5.41) is 12.0. The number of anilines is 1. The van der Waals surface area contributed by atoms with Crippen molar-refractivity contribution in [2.45, 2.75) is 18.9 Å². The smallest absolute Gasteiger partial charge is 0.269 e. The van der Waals surface area contributed by atoms with E-state index < -0.39 is 4.92 Å². The number of thiazole rings is 1. The molecule has 2 heterocycles. The minimum absolute atomic E-state index is 0.0578. The van der Waals surface area contributed by atoms with Gasteiger partial charge in [0.1, 0.15) is 0 Å². The number of non-ortho nitro benzene ring substituents is 1. The number of hydrogen-bond donors (Lipinski definition) is 0. The Hall–Kier alpha value is -2.55. The Morgan fingerprint density at radius 1 is 1.32 bits per heavy atom. The zero-order valence-corrected chi connectivity index (χ0v) is 16.3. The van der Waals surface area contributed by atoms with E-state index in [0.29, 0.717) is 28.9 Å². The van der Waals surface area contributed by atoms with Crippen molar-refractivity contribution >= 4 is 49.9 Å². The molecule has 1 amide bonds. The SMILES string of the molecule is O=C(c1ccc([N+](=O)[O-])cc1)N(CC1CCCO1)c1nc2ccc(Cl)cc2s1. The number of nitrogens with zero attached hydrogens (tertiary/aromatic N) is 3. The van der Waals surface area contributed by atoms with Crippen LogP contribution in [0.5, 0.6) is 0 Å². The first-order chi connectivity index (χ1) is 13.5. The Bertz CT molecular complexity index is 1030. The van der Waals surface area contributed by atoms with Gasteiger partial charge in [-0.2, -0.15) is 0 Å². The molecule has 1 atom stereocenters. The average molecular weight is 418 g/mol. The molecule has 7 nitrogen and oxygen atoms in total. The van der Waals surface area contributed by atoms with Crippen LogP contribution in [0.15, 0.2) is 42.5 Å². The highest BCUT2D eigenvalue weighted by Crippen LogP contribution is 2.32.